The molecule has 1 aromatic carbocycles. The summed E-state index contributed by atoms with van der Waals surface area (Å²) >= 11 is 5.62. The lowest BCUT2D eigenvalue weighted by Gasteiger charge is -2.08. The molecule has 2 N–H and O–H groups in total. The smallest absolute Gasteiger partial charge is 0.433 e. The van der Waals surface area contributed by atoms with Gasteiger partial charge < -0.3 is 10.4 Å². The van der Waals surface area contributed by atoms with Gasteiger partial charge in [0.25, 0.3) is 5.91 Å². The van der Waals surface area contributed by atoms with Crippen LogP contribution in [0, 0.1) is 0 Å². The number of carbonyl (C=O) groups is 1. The molecule has 1 amide bonds. The monoisotopic (exact) mass is 316 g/mol. The molecule has 0 saturated carbocycles. The highest BCUT2D eigenvalue weighted by Gasteiger charge is 2.32. The summed E-state index contributed by atoms with van der Waals surface area (Å²) in [7, 11) is 0. The Bertz CT molecular complexity index is 672. The number of halogens is 4. The summed E-state index contributed by atoms with van der Waals surface area (Å²) in [6.07, 6.45) is -3.73. The van der Waals surface area contributed by atoms with Crippen molar-refractivity contribution in [3.63, 3.8) is 0 Å². The van der Waals surface area contributed by atoms with Gasteiger partial charge in [0.2, 0.25) is 0 Å². The molecule has 0 bridgehead atoms. The topological polar surface area (TPSA) is 62.2 Å². The van der Waals surface area contributed by atoms with Gasteiger partial charge in [0.05, 0.1) is 10.6 Å². The van der Waals surface area contributed by atoms with Crippen LogP contribution in [0.25, 0.3) is 0 Å². The van der Waals surface area contributed by atoms with Crippen LogP contribution in [0.3, 0.4) is 0 Å². The summed E-state index contributed by atoms with van der Waals surface area (Å²) < 4.78 is 37.0. The van der Waals surface area contributed by atoms with Crippen molar-refractivity contribution in [3.05, 3.63) is 52.8 Å². The van der Waals surface area contributed by atoms with Crippen LogP contribution < -0.4 is 5.32 Å². The Morgan fingerprint density at radius 2 is 1.95 bits per heavy atom. The molecule has 1 aromatic heterocycles. The molecule has 8 heteroatoms. The van der Waals surface area contributed by atoms with E-state index in [1.165, 1.54) is 18.2 Å². The zero-order valence-corrected chi connectivity index (χ0v) is 11.0. The molecule has 0 aliphatic heterocycles. The first-order chi connectivity index (χ1) is 9.77. The highest BCUT2D eigenvalue weighted by Crippen LogP contribution is 2.28. The van der Waals surface area contributed by atoms with Gasteiger partial charge in [0, 0.05) is 18.0 Å². The van der Waals surface area contributed by atoms with E-state index < -0.39 is 17.8 Å². The third-order valence-corrected chi connectivity index (χ3v) is 2.84. The van der Waals surface area contributed by atoms with Crippen LogP contribution in [-0.4, -0.2) is 16.0 Å². The number of phenols is 1. The lowest BCUT2D eigenvalue weighted by Crippen LogP contribution is -2.14. The van der Waals surface area contributed by atoms with Gasteiger partial charge >= 0.3 is 6.18 Å². The molecule has 0 atom stereocenters. The number of amides is 1. The normalized spacial score (nSPS) is 11.2. The first-order valence-electron chi connectivity index (χ1n) is 5.60. The maximum absolute atomic E-state index is 12.3. The Labute approximate surface area is 122 Å². The van der Waals surface area contributed by atoms with E-state index in [4.69, 9.17) is 11.6 Å². The van der Waals surface area contributed by atoms with Crippen molar-refractivity contribution in [2.75, 3.05) is 5.32 Å². The van der Waals surface area contributed by atoms with Crippen molar-refractivity contribution < 1.29 is 23.1 Å². The molecule has 1 heterocycles. The Hall–Kier alpha value is -2.28. The molecule has 4 nitrogen and oxygen atoms in total. The van der Waals surface area contributed by atoms with Crippen molar-refractivity contribution in [1.82, 2.24) is 4.98 Å². The van der Waals surface area contributed by atoms with Crippen molar-refractivity contribution >= 4 is 23.2 Å². The number of hydrogen-bond acceptors (Lipinski definition) is 3. The van der Waals surface area contributed by atoms with Gasteiger partial charge in [-0.3, -0.25) is 9.78 Å². The summed E-state index contributed by atoms with van der Waals surface area (Å²) in [5, 5.41) is 11.9. The fourth-order valence-corrected chi connectivity index (χ4v) is 1.61. The molecule has 0 fully saturated rings. The minimum atomic E-state index is -4.56. The molecule has 0 aliphatic carbocycles. The number of carbonyl (C=O) groups excluding carboxylic acids is 1. The molecule has 110 valence electrons. The van der Waals surface area contributed by atoms with Crippen LogP contribution in [0.1, 0.15) is 16.1 Å². The highest BCUT2D eigenvalue weighted by atomic mass is 35.5. The molecule has 0 spiro atoms. The number of aromatic nitrogens is 1. The quantitative estimate of drug-likeness (QED) is 0.887. The van der Waals surface area contributed by atoms with Crippen molar-refractivity contribution in [1.29, 1.82) is 0 Å². The van der Waals surface area contributed by atoms with Gasteiger partial charge in [-0.2, -0.15) is 13.2 Å². The fourth-order valence-electron chi connectivity index (χ4n) is 1.49. The molecule has 0 saturated heterocycles. The average molecular weight is 317 g/mol. The second-order valence-corrected chi connectivity index (χ2v) is 4.46. The number of phenolic OH excluding ortho intramolecular Hbond substituents is 1. The van der Waals surface area contributed by atoms with Gasteiger partial charge in [-0.05, 0) is 24.3 Å². The number of nitrogens with one attached hydrogen (secondary N) is 1. The third-order valence-electron chi connectivity index (χ3n) is 2.52. The Kier molecular flexibility index (Phi) is 4.04. The summed E-state index contributed by atoms with van der Waals surface area (Å²) in [5.41, 5.74) is -0.873. The highest BCUT2D eigenvalue weighted by molar-refractivity contribution is 6.32. The van der Waals surface area contributed by atoms with E-state index in [1.54, 1.807) is 0 Å². The number of aromatic hydroxyl groups is 1. The van der Waals surface area contributed by atoms with Crippen LogP contribution in [0.15, 0.2) is 36.5 Å². The minimum Gasteiger partial charge on any atom is -0.506 e. The lowest BCUT2D eigenvalue weighted by molar-refractivity contribution is -0.141. The van der Waals surface area contributed by atoms with E-state index >= 15 is 0 Å². The number of hydrogen-bond donors (Lipinski definition) is 2. The molecule has 21 heavy (non-hydrogen) atoms. The third kappa shape index (κ3) is 3.63. The molecule has 2 rings (SSSR count). The predicted molar refractivity (Wildman–Crippen MR) is 70.3 cm³/mol. The number of pyridine rings is 1. The maximum Gasteiger partial charge on any atom is 0.433 e. The Morgan fingerprint density at radius 3 is 2.48 bits per heavy atom. The van der Waals surface area contributed by atoms with Crippen molar-refractivity contribution in [2.24, 2.45) is 0 Å². The Balaban J connectivity index is 2.15. The predicted octanol–water partition coefficient (Wildman–Crippen LogP) is 3.71. The number of nitrogens with zero attached hydrogens (tertiary/aromatic N) is 1. The van der Waals surface area contributed by atoms with E-state index in [-0.39, 0.29) is 22.0 Å². The molecule has 0 radical (unpaired) electrons. The number of alkyl halides is 3. The minimum absolute atomic E-state index is 0.0440. The number of benzene rings is 1. The fraction of sp³-hybridized carbons (Fsp3) is 0.0769. The van der Waals surface area contributed by atoms with Gasteiger partial charge in [-0.1, -0.05) is 11.6 Å². The number of rotatable bonds is 2. The molecular weight excluding hydrogens is 309 g/mol. The molecular formula is C13H8ClF3N2O2. The van der Waals surface area contributed by atoms with E-state index in [0.717, 1.165) is 12.3 Å². The van der Waals surface area contributed by atoms with Crippen LogP contribution in [-0.2, 0) is 6.18 Å². The van der Waals surface area contributed by atoms with Gasteiger partial charge in [-0.25, -0.2) is 0 Å². The zero-order chi connectivity index (χ0) is 15.6. The molecule has 2 aromatic rings. The van der Waals surface area contributed by atoms with Crippen LogP contribution in [0.5, 0.6) is 5.75 Å². The van der Waals surface area contributed by atoms with E-state index in [1.807, 2.05) is 0 Å². The molecule has 0 aliphatic rings. The van der Waals surface area contributed by atoms with Gasteiger partial charge in [0.1, 0.15) is 11.4 Å². The molecule has 0 unspecified atom stereocenters. The summed E-state index contributed by atoms with van der Waals surface area (Å²) in [4.78, 5) is 15.0. The largest absolute Gasteiger partial charge is 0.506 e. The van der Waals surface area contributed by atoms with Crippen molar-refractivity contribution in [2.45, 2.75) is 6.18 Å². The van der Waals surface area contributed by atoms with E-state index in [9.17, 15) is 23.1 Å². The van der Waals surface area contributed by atoms with Crippen LogP contribution in [0.2, 0.25) is 5.02 Å². The van der Waals surface area contributed by atoms with Crippen LogP contribution >= 0.6 is 11.6 Å². The first kappa shape index (κ1) is 15.1. The average Bonchev–Trinajstić information content (AvgIpc) is 2.42. The van der Waals surface area contributed by atoms with Gasteiger partial charge in [0.15, 0.2) is 0 Å². The summed E-state index contributed by atoms with van der Waals surface area (Å²) in [6.45, 7) is 0. The maximum atomic E-state index is 12.3. The SMILES string of the molecule is O=C(Nc1ccc(Cl)c(O)c1)c1ccc(C(F)(F)F)nc1. The summed E-state index contributed by atoms with van der Waals surface area (Å²) in [5.74, 6) is -0.877. The second-order valence-electron chi connectivity index (χ2n) is 4.05. The first-order valence-corrected chi connectivity index (χ1v) is 5.98. The van der Waals surface area contributed by atoms with Crippen molar-refractivity contribution in [3.8, 4) is 5.75 Å². The number of anilines is 1. The van der Waals surface area contributed by atoms with Gasteiger partial charge in [-0.15, -0.1) is 0 Å². The van der Waals surface area contributed by atoms with E-state index in [0.29, 0.717) is 6.07 Å². The standard InChI is InChI=1S/C13H8ClF3N2O2/c14-9-3-2-8(5-10(9)20)19-12(21)7-1-4-11(18-6-7)13(15,16)17/h1-6,20H,(H,19,21). The lowest BCUT2D eigenvalue weighted by atomic mass is 10.2. The van der Waals surface area contributed by atoms with E-state index in [2.05, 4.69) is 10.3 Å². The zero-order valence-electron chi connectivity index (χ0n) is 10.3. The second kappa shape index (κ2) is 5.61. The van der Waals surface area contributed by atoms with Crippen LogP contribution in [0.4, 0.5) is 18.9 Å². The summed E-state index contributed by atoms with van der Waals surface area (Å²) in [6, 6.07) is 5.77. The Morgan fingerprint density at radius 1 is 1.24 bits per heavy atom.